The van der Waals surface area contributed by atoms with Gasteiger partial charge in [0.2, 0.25) is 0 Å². The predicted molar refractivity (Wildman–Crippen MR) is 111 cm³/mol. The van der Waals surface area contributed by atoms with Gasteiger partial charge in [0.05, 0.1) is 12.8 Å². The first kappa shape index (κ1) is 20.4. The molecule has 0 aliphatic rings. The topological polar surface area (TPSA) is 120 Å². The highest BCUT2D eigenvalue weighted by molar-refractivity contribution is 6.30. The molecule has 0 aliphatic heterocycles. The van der Waals surface area contributed by atoms with Gasteiger partial charge in [0.1, 0.15) is 23.9 Å². The largest absolute Gasteiger partial charge is 0.489 e. The van der Waals surface area contributed by atoms with Gasteiger partial charge < -0.3 is 25.6 Å². The van der Waals surface area contributed by atoms with E-state index in [1.807, 2.05) is 6.07 Å². The number of nitrogens with zero attached hydrogens (tertiary/aromatic N) is 4. The number of amidine groups is 1. The Labute approximate surface area is 172 Å². The fourth-order valence-corrected chi connectivity index (χ4v) is 2.66. The van der Waals surface area contributed by atoms with Crippen LogP contribution >= 0.6 is 11.6 Å². The molecule has 1 aromatic carbocycles. The number of nitrogens with one attached hydrogen (secondary N) is 1. The first-order chi connectivity index (χ1) is 14.0. The van der Waals surface area contributed by atoms with Crippen LogP contribution in [0.2, 0.25) is 5.15 Å². The fourth-order valence-electron chi connectivity index (χ4n) is 2.51. The van der Waals surface area contributed by atoms with Crippen molar-refractivity contribution >= 4 is 28.9 Å². The number of hydrogen-bond acceptors (Lipinski definition) is 7. The summed E-state index contributed by atoms with van der Waals surface area (Å²) in [4.78, 5) is 8.40. The minimum atomic E-state index is -0.109. The summed E-state index contributed by atoms with van der Waals surface area (Å²) < 4.78 is 12.9. The summed E-state index contributed by atoms with van der Waals surface area (Å²) in [5.74, 6) is 2.01. The van der Waals surface area contributed by atoms with Crippen molar-refractivity contribution in [2.45, 2.75) is 0 Å². The zero-order valence-electron chi connectivity index (χ0n) is 16.0. The lowest BCUT2D eigenvalue weighted by Crippen LogP contribution is -2.15. The monoisotopic (exact) mass is 416 g/mol. The molecule has 0 bridgehead atoms. The lowest BCUT2D eigenvalue weighted by Gasteiger charge is -2.13. The lowest BCUT2D eigenvalue weighted by atomic mass is 10.1. The fraction of sp³-hybridized carbons (Fsp3) is 0.211. The van der Waals surface area contributed by atoms with E-state index < -0.39 is 0 Å². The third kappa shape index (κ3) is 5.15. The van der Waals surface area contributed by atoms with E-state index in [1.54, 1.807) is 49.2 Å². The third-order valence-electron chi connectivity index (χ3n) is 3.84. The van der Waals surface area contributed by atoms with E-state index >= 15 is 0 Å². The van der Waals surface area contributed by atoms with E-state index in [1.165, 1.54) is 6.20 Å². The van der Waals surface area contributed by atoms with Crippen molar-refractivity contribution in [3.05, 3.63) is 53.4 Å². The van der Waals surface area contributed by atoms with Crippen LogP contribution in [-0.4, -0.2) is 46.0 Å². The summed E-state index contributed by atoms with van der Waals surface area (Å²) in [7, 11) is 3.59. The molecule has 9 nitrogen and oxygen atoms in total. The predicted octanol–water partition coefficient (Wildman–Crippen LogP) is 2.71. The summed E-state index contributed by atoms with van der Waals surface area (Å²) in [6.07, 6.45) is 3.24. The number of nitrogens with two attached hydrogens (primary N) is 1. The van der Waals surface area contributed by atoms with Crippen molar-refractivity contribution in [2.75, 3.05) is 25.6 Å². The van der Waals surface area contributed by atoms with E-state index in [9.17, 15) is 0 Å². The first-order valence-electron chi connectivity index (χ1n) is 8.73. The molecular weight excluding hydrogens is 396 g/mol. The molecule has 3 aromatic rings. The molecule has 0 atom stereocenters. The number of aliphatic hydroxyl groups excluding tert-OH is 1. The summed E-state index contributed by atoms with van der Waals surface area (Å²) in [6.45, 7) is 0.0345. The van der Waals surface area contributed by atoms with Gasteiger partial charge in [-0.1, -0.05) is 11.6 Å². The standard InChI is InChI=1S/C19H21ClN6O3/c1-22-15-4-3-12(9-14(15)19(21)24-17-5-6-26(2)25-17)29-16-10-13(28-8-7-27)11-23-18(16)20/h3-6,9-11,22,27H,7-8H2,1-2H3,(H2,21,24,25). The molecule has 0 saturated heterocycles. The van der Waals surface area contributed by atoms with Crippen LogP contribution in [0.25, 0.3) is 0 Å². The van der Waals surface area contributed by atoms with Gasteiger partial charge in [-0.3, -0.25) is 4.68 Å². The number of hydrogen-bond donors (Lipinski definition) is 3. The van der Waals surface area contributed by atoms with E-state index in [2.05, 4.69) is 20.4 Å². The van der Waals surface area contributed by atoms with Crippen LogP contribution in [0.1, 0.15) is 5.56 Å². The van der Waals surface area contributed by atoms with E-state index in [0.717, 1.165) is 5.69 Å². The number of halogens is 1. The van der Waals surface area contributed by atoms with Gasteiger partial charge in [-0.25, -0.2) is 9.98 Å². The van der Waals surface area contributed by atoms with Crippen LogP contribution in [0, 0.1) is 0 Å². The molecule has 3 rings (SSSR count). The van der Waals surface area contributed by atoms with Gasteiger partial charge in [0.15, 0.2) is 16.7 Å². The number of benzene rings is 1. The second-order valence-corrected chi connectivity index (χ2v) is 6.29. The average Bonchev–Trinajstić information content (AvgIpc) is 3.13. The Morgan fingerprint density at radius 3 is 2.83 bits per heavy atom. The molecule has 0 unspecified atom stereocenters. The average molecular weight is 417 g/mol. The molecular formula is C19H21ClN6O3. The number of anilines is 1. The molecule has 0 amide bonds. The highest BCUT2D eigenvalue weighted by Crippen LogP contribution is 2.32. The Hall–Kier alpha value is -3.30. The molecule has 29 heavy (non-hydrogen) atoms. The number of rotatable bonds is 8. The minimum Gasteiger partial charge on any atom is -0.489 e. The maximum atomic E-state index is 8.89. The molecule has 0 saturated carbocycles. The van der Waals surface area contributed by atoms with Gasteiger partial charge in [-0.15, -0.1) is 0 Å². The molecule has 2 aromatic heterocycles. The van der Waals surface area contributed by atoms with Crippen LogP contribution in [0.15, 0.2) is 47.7 Å². The van der Waals surface area contributed by atoms with Crippen LogP contribution in [0.3, 0.4) is 0 Å². The van der Waals surface area contributed by atoms with Crippen LogP contribution in [0.5, 0.6) is 17.2 Å². The van der Waals surface area contributed by atoms with Crippen molar-refractivity contribution in [1.29, 1.82) is 0 Å². The molecule has 152 valence electrons. The lowest BCUT2D eigenvalue weighted by molar-refractivity contribution is 0.200. The third-order valence-corrected chi connectivity index (χ3v) is 4.12. The Morgan fingerprint density at radius 2 is 2.14 bits per heavy atom. The van der Waals surface area contributed by atoms with Crippen LogP contribution in [0.4, 0.5) is 11.5 Å². The second-order valence-electron chi connectivity index (χ2n) is 5.94. The Morgan fingerprint density at radius 1 is 1.31 bits per heavy atom. The smallest absolute Gasteiger partial charge is 0.175 e. The van der Waals surface area contributed by atoms with E-state index in [-0.39, 0.29) is 24.2 Å². The SMILES string of the molecule is CNc1ccc(Oc2cc(OCCO)cnc2Cl)cc1C(N)=Nc1ccn(C)n1. The van der Waals surface area contributed by atoms with Gasteiger partial charge in [-0.05, 0) is 18.2 Å². The van der Waals surface area contributed by atoms with Gasteiger partial charge in [-0.2, -0.15) is 5.10 Å². The van der Waals surface area contributed by atoms with Crippen molar-refractivity contribution in [3.8, 4) is 17.2 Å². The molecule has 4 N–H and O–H groups in total. The van der Waals surface area contributed by atoms with Gasteiger partial charge in [0.25, 0.3) is 0 Å². The summed E-state index contributed by atoms with van der Waals surface area (Å²) in [5.41, 5.74) is 7.63. The minimum absolute atomic E-state index is 0.109. The molecule has 0 radical (unpaired) electrons. The summed E-state index contributed by atoms with van der Waals surface area (Å²) in [6, 6.07) is 8.68. The second kappa shape index (κ2) is 9.26. The maximum Gasteiger partial charge on any atom is 0.175 e. The number of aryl methyl sites for hydroxylation is 1. The highest BCUT2D eigenvalue weighted by atomic mass is 35.5. The Kier molecular flexibility index (Phi) is 6.53. The van der Waals surface area contributed by atoms with Crippen LogP contribution in [-0.2, 0) is 7.05 Å². The van der Waals surface area contributed by atoms with Crippen LogP contribution < -0.4 is 20.5 Å². The molecule has 2 heterocycles. The summed E-state index contributed by atoms with van der Waals surface area (Å²) >= 11 is 6.14. The number of aliphatic imine (C=N–C) groups is 1. The zero-order chi connectivity index (χ0) is 20.8. The molecule has 0 spiro atoms. The van der Waals surface area contributed by atoms with E-state index in [0.29, 0.717) is 28.6 Å². The van der Waals surface area contributed by atoms with Crippen molar-refractivity contribution in [3.63, 3.8) is 0 Å². The molecule has 10 heteroatoms. The zero-order valence-corrected chi connectivity index (χ0v) is 16.7. The van der Waals surface area contributed by atoms with Gasteiger partial charge >= 0.3 is 0 Å². The summed E-state index contributed by atoms with van der Waals surface area (Å²) in [5, 5.41) is 16.4. The number of aliphatic hydroxyl groups is 1. The normalized spacial score (nSPS) is 11.4. The van der Waals surface area contributed by atoms with Crippen molar-refractivity contribution < 1.29 is 14.6 Å². The van der Waals surface area contributed by atoms with Gasteiger partial charge in [0, 0.05) is 43.7 Å². The number of pyridine rings is 1. The van der Waals surface area contributed by atoms with E-state index in [4.69, 9.17) is 31.9 Å². The molecule has 0 aliphatic carbocycles. The Bertz CT molecular complexity index is 1020. The first-order valence-corrected chi connectivity index (χ1v) is 9.11. The quantitative estimate of drug-likeness (QED) is 0.293. The number of aromatic nitrogens is 3. The molecule has 0 fully saturated rings. The Balaban J connectivity index is 1.90. The van der Waals surface area contributed by atoms with Crippen molar-refractivity contribution in [2.24, 2.45) is 17.8 Å². The number of ether oxygens (including phenoxy) is 2. The highest BCUT2D eigenvalue weighted by Gasteiger charge is 2.12. The maximum absolute atomic E-state index is 8.89. The van der Waals surface area contributed by atoms with Crippen molar-refractivity contribution in [1.82, 2.24) is 14.8 Å².